The van der Waals surface area contributed by atoms with Gasteiger partial charge in [-0.2, -0.15) is 0 Å². The Morgan fingerprint density at radius 3 is 2.67 bits per heavy atom. The van der Waals surface area contributed by atoms with E-state index >= 15 is 0 Å². The molecule has 2 N–H and O–H groups in total. The second kappa shape index (κ2) is 4.69. The molecular weight excluding hydrogens is 321 g/mol. The standard InChI is InChI=1S/C8H7F2IN2O2/c1-15-3-2-13-7(11)5(6(9)10)4(3)8(12)14/h2,6H,1H3,(H2,12,14). The Labute approximate surface area is 98.0 Å². The minimum atomic E-state index is -2.82. The number of ether oxygens (including phenoxy) is 1. The molecule has 0 fully saturated rings. The van der Waals surface area contributed by atoms with E-state index in [1.807, 2.05) is 0 Å². The number of methoxy groups -OCH3 is 1. The third-order valence-electron chi connectivity index (χ3n) is 1.72. The first-order chi connectivity index (χ1) is 6.99. The minimum Gasteiger partial charge on any atom is -0.494 e. The predicted octanol–water partition coefficient (Wildman–Crippen LogP) is 1.73. The average molecular weight is 328 g/mol. The smallest absolute Gasteiger partial charge is 0.267 e. The number of nitrogens with two attached hydrogens (primary N) is 1. The predicted molar refractivity (Wildman–Crippen MR) is 57.0 cm³/mol. The van der Waals surface area contributed by atoms with Gasteiger partial charge in [0, 0.05) is 0 Å². The Kier molecular flexibility index (Phi) is 3.77. The number of alkyl halides is 2. The monoisotopic (exact) mass is 328 g/mol. The van der Waals surface area contributed by atoms with Crippen molar-refractivity contribution in [3.63, 3.8) is 0 Å². The number of primary amides is 1. The Bertz CT molecular complexity index is 398. The van der Waals surface area contributed by atoms with E-state index in [0.717, 1.165) is 0 Å². The van der Waals surface area contributed by atoms with E-state index in [-0.39, 0.29) is 15.0 Å². The summed E-state index contributed by atoms with van der Waals surface area (Å²) in [6, 6.07) is 0. The van der Waals surface area contributed by atoms with Crippen LogP contribution in [0.4, 0.5) is 8.78 Å². The zero-order chi connectivity index (χ0) is 11.6. The quantitative estimate of drug-likeness (QED) is 0.679. The Morgan fingerprint density at radius 2 is 2.27 bits per heavy atom. The van der Waals surface area contributed by atoms with E-state index in [0.29, 0.717) is 0 Å². The van der Waals surface area contributed by atoms with Gasteiger partial charge in [0.15, 0.2) is 0 Å². The van der Waals surface area contributed by atoms with Crippen molar-refractivity contribution in [2.45, 2.75) is 6.43 Å². The molecule has 0 aliphatic carbocycles. The minimum absolute atomic E-state index is 0.0391. The molecule has 0 radical (unpaired) electrons. The molecule has 15 heavy (non-hydrogen) atoms. The number of nitrogens with zero attached hydrogens (tertiary/aromatic N) is 1. The van der Waals surface area contributed by atoms with E-state index in [1.54, 1.807) is 22.6 Å². The van der Waals surface area contributed by atoms with E-state index in [1.165, 1.54) is 13.3 Å². The fraction of sp³-hybridized carbons (Fsp3) is 0.250. The van der Waals surface area contributed by atoms with Crippen LogP contribution < -0.4 is 10.5 Å². The number of hydrogen-bond donors (Lipinski definition) is 1. The van der Waals surface area contributed by atoms with Gasteiger partial charge in [-0.1, -0.05) is 0 Å². The van der Waals surface area contributed by atoms with Crippen molar-refractivity contribution in [1.82, 2.24) is 4.98 Å². The van der Waals surface area contributed by atoms with Crippen molar-refractivity contribution in [2.75, 3.05) is 7.11 Å². The Hall–Kier alpha value is -0.990. The van der Waals surface area contributed by atoms with Crippen LogP contribution in [0.15, 0.2) is 6.20 Å². The van der Waals surface area contributed by atoms with E-state index in [2.05, 4.69) is 4.98 Å². The summed E-state index contributed by atoms with van der Waals surface area (Å²) >= 11 is 1.61. The summed E-state index contributed by atoms with van der Waals surface area (Å²) in [5.74, 6) is -0.999. The van der Waals surface area contributed by atoms with Crippen molar-refractivity contribution in [3.8, 4) is 5.75 Å². The van der Waals surface area contributed by atoms with Gasteiger partial charge in [0.25, 0.3) is 12.3 Å². The van der Waals surface area contributed by atoms with Crippen LogP contribution in [0.5, 0.6) is 5.75 Å². The lowest BCUT2D eigenvalue weighted by Gasteiger charge is -2.11. The normalized spacial score (nSPS) is 10.5. The van der Waals surface area contributed by atoms with Crippen LogP contribution in [0.25, 0.3) is 0 Å². The fourth-order valence-electron chi connectivity index (χ4n) is 1.09. The maximum atomic E-state index is 12.7. The van der Waals surface area contributed by atoms with Crippen LogP contribution in [0.2, 0.25) is 0 Å². The van der Waals surface area contributed by atoms with Crippen molar-refractivity contribution in [3.05, 3.63) is 21.0 Å². The molecule has 1 aromatic heterocycles. The molecule has 0 aliphatic heterocycles. The molecule has 0 spiro atoms. The van der Waals surface area contributed by atoms with Gasteiger partial charge in [-0.05, 0) is 22.6 Å². The third-order valence-corrected chi connectivity index (χ3v) is 2.58. The molecule has 1 heterocycles. The molecule has 4 nitrogen and oxygen atoms in total. The molecule has 1 aromatic rings. The molecule has 0 unspecified atom stereocenters. The number of rotatable bonds is 3. The first-order valence-corrected chi connectivity index (χ1v) is 4.87. The summed E-state index contributed by atoms with van der Waals surface area (Å²) in [6.45, 7) is 0. The Balaban J connectivity index is 3.51. The largest absolute Gasteiger partial charge is 0.494 e. The highest BCUT2D eigenvalue weighted by atomic mass is 127. The lowest BCUT2D eigenvalue weighted by atomic mass is 10.1. The highest BCUT2D eigenvalue weighted by Gasteiger charge is 2.24. The van der Waals surface area contributed by atoms with Gasteiger partial charge in [0.05, 0.1) is 24.4 Å². The van der Waals surface area contributed by atoms with Gasteiger partial charge in [-0.3, -0.25) is 4.79 Å². The van der Waals surface area contributed by atoms with E-state index < -0.39 is 17.9 Å². The van der Waals surface area contributed by atoms with Crippen molar-refractivity contribution in [2.24, 2.45) is 5.73 Å². The number of carbonyl (C=O) groups is 1. The van der Waals surface area contributed by atoms with Crippen LogP contribution in [0, 0.1) is 3.70 Å². The zero-order valence-corrected chi connectivity index (χ0v) is 9.79. The molecule has 1 amide bonds. The summed E-state index contributed by atoms with van der Waals surface area (Å²) in [6.07, 6.45) is -1.63. The fourth-order valence-corrected chi connectivity index (χ4v) is 1.74. The van der Waals surface area contributed by atoms with Gasteiger partial charge in [0.1, 0.15) is 9.45 Å². The topological polar surface area (TPSA) is 65.2 Å². The second-order valence-electron chi connectivity index (χ2n) is 2.57. The molecular formula is C8H7F2IN2O2. The van der Waals surface area contributed by atoms with Crippen molar-refractivity contribution in [1.29, 1.82) is 0 Å². The SMILES string of the molecule is COc1cnc(I)c(C(F)F)c1C(N)=O. The summed E-state index contributed by atoms with van der Waals surface area (Å²) in [5.41, 5.74) is 4.22. The molecule has 0 aliphatic rings. The van der Waals surface area contributed by atoms with Crippen molar-refractivity contribution >= 4 is 28.5 Å². The second-order valence-corrected chi connectivity index (χ2v) is 3.59. The van der Waals surface area contributed by atoms with Crippen LogP contribution in [-0.2, 0) is 0 Å². The number of carbonyl (C=O) groups excluding carboxylic acids is 1. The van der Waals surface area contributed by atoms with Gasteiger partial charge in [-0.25, -0.2) is 13.8 Å². The summed E-state index contributed by atoms with van der Waals surface area (Å²) in [5, 5.41) is 0. The van der Waals surface area contributed by atoms with Crippen LogP contribution >= 0.6 is 22.6 Å². The molecule has 0 aromatic carbocycles. The van der Waals surface area contributed by atoms with Gasteiger partial charge < -0.3 is 10.5 Å². The maximum Gasteiger partial charge on any atom is 0.267 e. The highest BCUT2D eigenvalue weighted by molar-refractivity contribution is 14.1. The van der Waals surface area contributed by atoms with Gasteiger partial charge in [-0.15, -0.1) is 0 Å². The number of pyridine rings is 1. The molecule has 7 heteroatoms. The maximum absolute atomic E-state index is 12.7. The van der Waals surface area contributed by atoms with Gasteiger partial charge in [0.2, 0.25) is 0 Å². The molecule has 0 bridgehead atoms. The van der Waals surface area contributed by atoms with Crippen LogP contribution in [0.3, 0.4) is 0 Å². The first kappa shape index (κ1) is 12.1. The molecule has 0 atom stereocenters. The van der Waals surface area contributed by atoms with Crippen molar-refractivity contribution < 1.29 is 18.3 Å². The van der Waals surface area contributed by atoms with E-state index in [4.69, 9.17) is 10.5 Å². The number of aromatic nitrogens is 1. The summed E-state index contributed by atoms with van der Waals surface area (Å²) < 4.78 is 30.1. The summed E-state index contributed by atoms with van der Waals surface area (Å²) in [4.78, 5) is 14.7. The highest BCUT2D eigenvalue weighted by Crippen LogP contribution is 2.31. The Morgan fingerprint density at radius 1 is 1.67 bits per heavy atom. The zero-order valence-electron chi connectivity index (χ0n) is 7.63. The average Bonchev–Trinajstić information content (AvgIpc) is 2.16. The number of amides is 1. The number of hydrogen-bond acceptors (Lipinski definition) is 3. The molecule has 1 rings (SSSR count). The third kappa shape index (κ3) is 2.33. The summed E-state index contributed by atoms with van der Waals surface area (Å²) in [7, 11) is 1.26. The number of halogens is 3. The first-order valence-electron chi connectivity index (χ1n) is 3.79. The lowest BCUT2D eigenvalue weighted by Crippen LogP contribution is -2.17. The van der Waals surface area contributed by atoms with Crippen LogP contribution in [0.1, 0.15) is 22.3 Å². The molecule has 0 saturated heterocycles. The van der Waals surface area contributed by atoms with Gasteiger partial charge >= 0.3 is 0 Å². The molecule has 0 saturated carbocycles. The lowest BCUT2D eigenvalue weighted by molar-refractivity contribution is 0.0981. The van der Waals surface area contributed by atoms with Crippen LogP contribution in [-0.4, -0.2) is 18.0 Å². The molecule has 82 valence electrons. The van der Waals surface area contributed by atoms with E-state index in [9.17, 15) is 13.6 Å².